The SMILES string of the molecule is C1=Cc2ccccc2N(Cc2ccccc2)B1c1ccc2ncccc2c1. The average molecular weight is 346 g/mol. The van der Waals surface area contributed by atoms with Gasteiger partial charge in [-0.1, -0.05) is 84.2 Å². The molecule has 0 saturated carbocycles. The monoisotopic (exact) mass is 346 g/mol. The third-order valence-electron chi connectivity index (χ3n) is 5.20. The van der Waals surface area contributed by atoms with Gasteiger partial charge in [0, 0.05) is 18.4 Å². The van der Waals surface area contributed by atoms with Gasteiger partial charge in [0.25, 0.3) is 0 Å². The van der Waals surface area contributed by atoms with Gasteiger partial charge in [-0.3, -0.25) is 4.98 Å². The lowest BCUT2D eigenvalue weighted by molar-refractivity contribution is 1.02. The van der Waals surface area contributed by atoms with Crippen molar-refractivity contribution in [3.63, 3.8) is 0 Å². The number of anilines is 1. The lowest BCUT2D eigenvalue weighted by Crippen LogP contribution is -2.48. The second-order valence-corrected chi connectivity index (χ2v) is 6.93. The molecular formula is C24H19BN2. The fourth-order valence-corrected chi connectivity index (χ4v) is 3.87. The predicted octanol–water partition coefficient (Wildman–Crippen LogP) is 4.71. The smallest absolute Gasteiger partial charge is 0.316 e. The summed E-state index contributed by atoms with van der Waals surface area (Å²) in [7, 11) is 0. The van der Waals surface area contributed by atoms with E-state index in [0.29, 0.717) is 0 Å². The molecule has 4 aromatic rings. The fourth-order valence-electron chi connectivity index (χ4n) is 3.87. The van der Waals surface area contributed by atoms with E-state index in [1.165, 1.54) is 27.7 Å². The van der Waals surface area contributed by atoms with Gasteiger partial charge < -0.3 is 4.81 Å². The highest BCUT2D eigenvalue weighted by molar-refractivity contribution is 6.82. The van der Waals surface area contributed by atoms with E-state index >= 15 is 0 Å². The van der Waals surface area contributed by atoms with E-state index in [0.717, 1.165) is 12.1 Å². The molecule has 0 radical (unpaired) electrons. The molecule has 0 aliphatic carbocycles. The standard InChI is InChI=1S/C24H19BN2/c1-2-7-19(8-3-1)18-27-24-11-5-4-9-20(24)14-15-25(27)22-12-13-23-21(17-22)10-6-16-26-23/h1-17H,18H2. The van der Waals surface area contributed by atoms with Gasteiger partial charge in [0.05, 0.1) is 5.52 Å². The normalized spacial score (nSPS) is 13.0. The zero-order valence-corrected chi connectivity index (χ0v) is 15.0. The number of hydrogen-bond acceptors (Lipinski definition) is 2. The van der Waals surface area contributed by atoms with Crippen LogP contribution in [0.4, 0.5) is 5.69 Å². The first kappa shape index (κ1) is 15.9. The van der Waals surface area contributed by atoms with Gasteiger partial charge in [0.1, 0.15) is 0 Å². The van der Waals surface area contributed by atoms with Gasteiger partial charge in [0.2, 0.25) is 0 Å². The van der Waals surface area contributed by atoms with Crippen LogP contribution in [-0.4, -0.2) is 11.8 Å². The lowest BCUT2D eigenvalue weighted by Gasteiger charge is -2.34. The van der Waals surface area contributed by atoms with Crippen molar-refractivity contribution in [1.82, 2.24) is 4.98 Å². The molecule has 1 aromatic heterocycles. The zero-order valence-electron chi connectivity index (χ0n) is 15.0. The van der Waals surface area contributed by atoms with Gasteiger partial charge in [-0.25, -0.2) is 0 Å². The van der Waals surface area contributed by atoms with Crippen molar-refractivity contribution in [2.45, 2.75) is 6.54 Å². The molecule has 0 amide bonds. The fraction of sp³-hybridized carbons (Fsp3) is 0.0417. The summed E-state index contributed by atoms with van der Waals surface area (Å²) in [4.78, 5) is 6.95. The highest BCUT2D eigenvalue weighted by Crippen LogP contribution is 2.29. The van der Waals surface area contributed by atoms with Crippen molar-refractivity contribution in [2.75, 3.05) is 4.81 Å². The van der Waals surface area contributed by atoms with Crippen LogP contribution in [0, 0.1) is 0 Å². The number of nitrogens with zero attached hydrogens (tertiary/aromatic N) is 2. The molecule has 5 rings (SSSR count). The Bertz CT molecular complexity index is 1120. The number of aromatic nitrogens is 1. The molecule has 3 aromatic carbocycles. The Labute approximate surface area is 159 Å². The minimum absolute atomic E-state index is 0.199. The van der Waals surface area contributed by atoms with Crippen LogP contribution < -0.4 is 10.3 Å². The number of rotatable bonds is 3. The Kier molecular flexibility index (Phi) is 3.98. The lowest BCUT2D eigenvalue weighted by atomic mass is 9.52. The van der Waals surface area contributed by atoms with E-state index in [-0.39, 0.29) is 6.85 Å². The van der Waals surface area contributed by atoms with Gasteiger partial charge in [-0.15, -0.1) is 0 Å². The van der Waals surface area contributed by atoms with E-state index in [4.69, 9.17) is 0 Å². The summed E-state index contributed by atoms with van der Waals surface area (Å²) in [5.74, 6) is 2.31. The maximum atomic E-state index is 4.46. The number of fused-ring (bicyclic) bond motifs is 2. The average Bonchev–Trinajstić information content (AvgIpc) is 2.74. The molecule has 1 aliphatic rings. The maximum absolute atomic E-state index is 4.46. The van der Waals surface area contributed by atoms with E-state index in [9.17, 15) is 0 Å². The number of benzene rings is 3. The Morgan fingerprint density at radius 2 is 1.67 bits per heavy atom. The van der Waals surface area contributed by atoms with Crippen LogP contribution in [0.15, 0.2) is 97.1 Å². The molecule has 2 heterocycles. The molecule has 27 heavy (non-hydrogen) atoms. The van der Waals surface area contributed by atoms with Crippen LogP contribution >= 0.6 is 0 Å². The first-order chi connectivity index (χ1) is 13.4. The molecule has 0 atom stereocenters. The van der Waals surface area contributed by atoms with Crippen molar-refractivity contribution >= 4 is 35.0 Å². The largest absolute Gasteiger partial charge is 0.403 e. The van der Waals surface area contributed by atoms with Crippen LogP contribution in [0.5, 0.6) is 0 Å². The summed E-state index contributed by atoms with van der Waals surface area (Å²) in [6.07, 6.45) is 4.09. The second-order valence-electron chi connectivity index (χ2n) is 6.93. The van der Waals surface area contributed by atoms with Crippen molar-refractivity contribution in [3.8, 4) is 0 Å². The molecule has 0 unspecified atom stereocenters. The maximum Gasteiger partial charge on any atom is 0.316 e. The quantitative estimate of drug-likeness (QED) is 0.500. The molecule has 0 bridgehead atoms. The Morgan fingerprint density at radius 1 is 0.815 bits per heavy atom. The third kappa shape index (κ3) is 3.02. The van der Waals surface area contributed by atoms with Crippen LogP contribution in [0.1, 0.15) is 11.1 Å². The Hall–Kier alpha value is -3.33. The molecule has 0 spiro atoms. The van der Waals surface area contributed by atoms with Gasteiger partial charge >= 0.3 is 6.85 Å². The van der Waals surface area contributed by atoms with Crippen LogP contribution in [0.2, 0.25) is 0 Å². The van der Waals surface area contributed by atoms with Crippen molar-refractivity contribution in [2.24, 2.45) is 0 Å². The highest BCUT2D eigenvalue weighted by atomic mass is 15.1. The molecule has 0 saturated heterocycles. The summed E-state index contributed by atoms with van der Waals surface area (Å²) in [5, 5.41) is 1.18. The highest BCUT2D eigenvalue weighted by Gasteiger charge is 2.28. The zero-order chi connectivity index (χ0) is 18.1. The number of para-hydroxylation sites is 1. The molecule has 2 nitrogen and oxygen atoms in total. The van der Waals surface area contributed by atoms with Crippen molar-refractivity contribution in [3.05, 3.63) is 108 Å². The first-order valence-electron chi connectivity index (χ1n) is 9.31. The second kappa shape index (κ2) is 6.77. The molecule has 128 valence electrons. The molecule has 0 fully saturated rings. The van der Waals surface area contributed by atoms with Gasteiger partial charge in [0.15, 0.2) is 0 Å². The third-order valence-corrected chi connectivity index (χ3v) is 5.20. The number of pyridine rings is 1. The molecular weight excluding hydrogens is 327 g/mol. The number of hydrogen-bond donors (Lipinski definition) is 0. The molecule has 3 heteroatoms. The van der Waals surface area contributed by atoms with Crippen LogP contribution in [0.25, 0.3) is 17.0 Å². The summed E-state index contributed by atoms with van der Waals surface area (Å²) in [6.45, 7) is 1.07. The summed E-state index contributed by atoms with van der Waals surface area (Å²) in [5.41, 5.74) is 6.19. The van der Waals surface area contributed by atoms with E-state index in [1.807, 2.05) is 12.3 Å². The van der Waals surface area contributed by atoms with E-state index in [2.05, 4.69) is 101 Å². The van der Waals surface area contributed by atoms with Crippen molar-refractivity contribution in [1.29, 1.82) is 0 Å². The molecule has 1 aliphatic heterocycles. The van der Waals surface area contributed by atoms with Crippen LogP contribution in [-0.2, 0) is 6.54 Å². The van der Waals surface area contributed by atoms with Gasteiger partial charge in [-0.05, 0) is 34.7 Å². The first-order valence-corrected chi connectivity index (χ1v) is 9.31. The van der Waals surface area contributed by atoms with Crippen LogP contribution in [0.3, 0.4) is 0 Å². The molecule has 0 N–H and O–H groups in total. The summed E-state index contributed by atoms with van der Waals surface area (Å²) < 4.78 is 0. The Morgan fingerprint density at radius 3 is 2.59 bits per heavy atom. The minimum atomic E-state index is 0.199. The minimum Gasteiger partial charge on any atom is -0.403 e. The topological polar surface area (TPSA) is 16.1 Å². The van der Waals surface area contributed by atoms with Crippen molar-refractivity contribution < 1.29 is 0 Å². The van der Waals surface area contributed by atoms with Gasteiger partial charge in [-0.2, -0.15) is 0 Å². The van der Waals surface area contributed by atoms with E-state index in [1.54, 1.807) is 0 Å². The predicted molar refractivity (Wildman–Crippen MR) is 115 cm³/mol. The summed E-state index contributed by atoms with van der Waals surface area (Å²) in [6, 6.07) is 30.0. The Balaban J connectivity index is 1.60. The van der Waals surface area contributed by atoms with E-state index < -0.39 is 0 Å². The summed E-state index contributed by atoms with van der Waals surface area (Å²) >= 11 is 0.